The summed E-state index contributed by atoms with van der Waals surface area (Å²) in [4.78, 5) is 19.8. The first-order valence-corrected chi connectivity index (χ1v) is 9.34. The molecule has 142 valence electrons. The van der Waals surface area contributed by atoms with Crippen molar-refractivity contribution in [2.45, 2.75) is 50.6 Å². The number of hydrogen-bond acceptors (Lipinski definition) is 4. The Morgan fingerprint density at radius 2 is 1.85 bits per heavy atom. The van der Waals surface area contributed by atoms with E-state index in [-0.39, 0.29) is 29.6 Å². The van der Waals surface area contributed by atoms with Crippen LogP contribution in [0.15, 0.2) is 12.3 Å². The molecule has 2 amide bonds. The molecule has 0 spiro atoms. The van der Waals surface area contributed by atoms with Gasteiger partial charge in [-0.2, -0.15) is 0 Å². The first-order valence-electron chi connectivity index (χ1n) is 9.34. The van der Waals surface area contributed by atoms with Crippen molar-refractivity contribution in [2.24, 2.45) is 29.4 Å². The fourth-order valence-corrected chi connectivity index (χ4v) is 5.43. The molecule has 4 aliphatic rings. The van der Waals surface area contributed by atoms with Crippen LogP contribution in [0.2, 0.25) is 0 Å². The first kappa shape index (κ1) is 17.6. The number of nitrogens with one attached hydrogen (secondary N) is 2. The van der Waals surface area contributed by atoms with Crippen LogP contribution in [0.4, 0.5) is 13.6 Å². The van der Waals surface area contributed by atoms with E-state index >= 15 is 0 Å². The predicted octanol–water partition coefficient (Wildman–Crippen LogP) is 2.37. The molecule has 5 rings (SSSR count). The zero-order valence-corrected chi connectivity index (χ0v) is 14.6. The van der Waals surface area contributed by atoms with E-state index in [0.717, 1.165) is 11.8 Å². The Balaban J connectivity index is 1.30. The second kappa shape index (κ2) is 6.72. The summed E-state index contributed by atoms with van der Waals surface area (Å²) in [6.45, 7) is 0.451. The van der Waals surface area contributed by atoms with E-state index in [9.17, 15) is 13.6 Å². The second-order valence-electron chi connectivity index (χ2n) is 8.15. The van der Waals surface area contributed by atoms with Crippen LogP contribution in [0.3, 0.4) is 0 Å². The van der Waals surface area contributed by atoms with E-state index < -0.39 is 6.43 Å². The van der Waals surface area contributed by atoms with Crippen LogP contribution in [-0.2, 0) is 6.54 Å². The lowest BCUT2D eigenvalue weighted by atomic mass is 9.49. The molecule has 0 saturated heterocycles. The predicted molar refractivity (Wildman–Crippen MR) is 91.2 cm³/mol. The molecule has 0 aliphatic heterocycles. The minimum Gasteiger partial charge on any atom is -0.336 e. The quantitative estimate of drug-likeness (QED) is 0.747. The molecule has 1 aromatic rings. The number of nitrogens with two attached hydrogens (primary N) is 1. The van der Waals surface area contributed by atoms with Gasteiger partial charge in [-0.05, 0) is 61.8 Å². The van der Waals surface area contributed by atoms with Crippen LogP contribution in [0.5, 0.6) is 0 Å². The molecule has 1 aromatic heterocycles. The number of halogens is 2. The fourth-order valence-electron chi connectivity index (χ4n) is 5.43. The van der Waals surface area contributed by atoms with Crippen molar-refractivity contribution in [3.05, 3.63) is 23.8 Å². The lowest BCUT2D eigenvalue weighted by Gasteiger charge is -2.59. The van der Waals surface area contributed by atoms with Gasteiger partial charge < -0.3 is 16.4 Å². The molecule has 0 unspecified atom stereocenters. The molecular formula is C18H25F2N5O. The van der Waals surface area contributed by atoms with Gasteiger partial charge in [0.25, 0.3) is 6.43 Å². The molecule has 0 aromatic carbocycles. The highest BCUT2D eigenvalue weighted by atomic mass is 19.3. The van der Waals surface area contributed by atoms with Gasteiger partial charge in [-0.3, -0.25) is 0 Å². The summed E-state index contributed by atoms with van der Waals surface area (Å²) in [5, 5.41) is 5.51. The molecular weight excluding hydrogens is 340 g/mol. The molecule has 0 radical (unpaired) electrons. The number of rotatable bonds is 5. The van der Waals surface area contributed by atoms with Crippen molar-refractivity contribution < 1.29 is 13.6 Å². The van der Waals surface area contributed by atoms with Crippen LogP contribution >= 0.6 is 0 Å². The third kappa shape index (κ3) is 3.26. The van der Waals surface area contributed by atoms with Gasteiger partial charge in [0.1, 0.15) is 11.5 Å². The van der Waals surface area contributed by atoms with E-state index in [2.05, 4.69) is 20.6 Å². The summed E-state index contributed by atoms with van der Waals surface area (Å²) in [5.41, 5.74) is 6.09. The van der Waals surface area contributed by atoms with Crippen molar-refractivity contribution in [1.29, 1.82) is 0 Å². The van der Waals surface area contributed by atoms with Crippen LogP contribution in [0, 0.1) is 23.7 Å². The highest BCUT2D eigenvalue weighted by molar-refractivity contribution is 5.73. The second-order valence-corrected chi connectivity index (χ2v) is 8.15. The Bertz CT molecular complexity index is 655. The van der Waals surface area contributed by atoms with E-state index in [1.165, 1.54) is 44.4 Å². The summed E-state index contributed by atoms with van der Waals surface area (Å²) in [7, 11) is 0. The van der Waals surface area contributed by atoms with Crippen molar-refractivity contribution in [1.82, 2.24) is 20.6 Å². The minimum absolute atomic E-state index is 0.000962. The average molecular weight is 365 g/mol. The van der Waals surface area contributed by atoms with Gasteiger partial charge in [-0.15, -0.1) is 0 Å². The summed E-state index contributed by atoms with van der Waals surface area (Å²) in [5.74, 6) is 2.79. The third-order valence-corrected chi connectivity index (χ3v) is 6.57. The lowest BCUT2D eigenvalue weighted by molar-refractivity contribution is -0.0529. The van der Waals surface area contributed by atoms with Gasteiger partial charge in [-0.1, -0.05) is 0 Å². The molecule has 6 nitrogen and oxygen atoms in total. The van der Waals surface area contributed by atoms with E-state index in [0.29, 0.717) is 18.4 Å². The minimum atomic E-state index is -2.65. The molecule has 1 heterocycles. The van der Waals surface area contributed by atoms with Crippen LogP contribution in [-0.4, -0.2) is 28.1 Å². The van der Waals surface area contributed by atoms with Crippen molar-refractivity contribution in [3.63, 3.8) is 0 Å². The first-order chi connectivity index (χ1) is 12.4. The Kier molecular flexibility index (Phi) is 4.54. The third-order valence-electron chi connectivity index (χ3n) is 6.57. The fraction of sp³-hybridized carbons (Fsp3) is 0.722. The van der Waals surface area contributed by atoms with Gasteiger partial charge in [-0.25, -0.2) is 23.5 Å². The highest BCUT2D eigenvalue weighted by Crippen LogP contribution is 2.57. The van der Waals surface area contributed by atoms with Gasteiger partial charge >= 0.3 is 6.03 Å². The van der Waals surface area contributed by atoms with Gasteiger partial charge in [0.15, 0.2) is 0 Å². The van der Waals surface area contributed by atoms with Gasteiger partial charge in [0.05, 0.1) is 6.54 Å². The number of aromatic nitrogens is 2. The molecule has 4 bridgehead atoms. The number of carbonyl (C=O) groups excluding carboxylic acids is 1. The molecule has 0 atom stereocenters. The molecule has 4 fully saturated rings. The summed E-state index contributed by atoms with van der Waals surface area (Å²) >= 11 is 0. The van der Waals surface area contributed by atoms with Gasteiger partial charge in [0.2, 0.25) is 0 Å². The molecule has 26 heavy (non-hydrogen) atoms. The van der Waals surface area contributed by atoms with E-state index in [1.54, 1.807) is 0 Å². The normalized spacial score (nSPS) is 34.9. The maximum atomic E-state index is 12.7. The van der Waals surface area contributed by atoms with E-state index in [1.807, 2.05) is 0 Å². The number of hydrogen-bond donors (Lipinski definition) is 3. The molecule has 4 aliphatic carbocycles. The molecule has 4 saturated carbocycles. The zero-order valence-electron chi connectivity index (χ0n) is 14.6. The van der Waals surface area contributed by atoms with Crippen LogP contribution in [0.1, 0.15) is 50.0 Å². The summed E-state index contributed by atoms with van der Waals surface area (Å²) in [6, 6.07) is 0.799. The number of alkyl halides is 2. The summed E-state index contributed by atoms with van der Waals surface area (Å²) < 4.78 is 25.3. The Morgan fingerprint density at radius 3 is 2.46 bits per heavy atom. The lowest BCUT2D eigenvalue weighted by Crippen LogP contribution is -2.67. The summed E-state index contributed by atoms with van der Waals surface area (Å²) in [6.07, 6.45) is 4.70. The molecule has 4 N–H and O–H groups in total. The van der Waals surface area contributed by atoms with Crippen molar-refractivity contribution in [2.75, 3.05) is 6.54 Å². The Morgan fingerprint density at radius 1 is 1.19 bits per heavy atom. The zero-order chi connectivity index (χ0) is 18.3. The number of amides is 2. The standard InChI is InChI=1S/C18H25F2N5O/c19-16(20)14-1-2-22-15(25-14)8-23-17(26)24-9-18(21)12-4-10-3-11(6-12)7-13(18)5-10/h1-2,10-13,16H,3-9,21H2,(H2,23,24,26). The SMILES string of the molecule is NC1(CNC(=O)NCc2nccc(C(F)F)n2)C2CC3CC(C2)CC1C3. The van der Waals surface area contributed by atoms with Crippen LogP contribution < -0.4 is 16.4 Å². The van der Waals surface area contributed by atoms with Gasteiger partial charge in [0, 0.05) is 18.3 Å². The van der Waals surface area contributed by atoms with Crippen molar-refractivity contribution in [3.8, 4) is 0 Å². The maximum Gasteiger partial charge on any atom is 0.315 e. The van der Waals surface area contributed by atoms with Crippen LogP contribution in [0.25, 0.3) is 0 Å². The van der Waals surface area contributed by atoms with E-state index in [4.69, 9.17) is 5.73 Å². The Labute approximate surface area is 151 Å². The Hall–Kier alpha value is -1.83. The smallest absolute Gasteiger partial charge is 0.315 e. The number of carbonyl (C=O) groups is 1. The topological polar surface area (TPSA) is 92.9 Å². The largest absolute Gasteiger partial charge is 0.336 e. The average Bonchev–Trinajstić information content (AvgIpc) is 2.62. The number of nitrogens with zero attached hydrogens (tertiary/aromatic N) is 2. The maximum absolute atomic E-state index is 12.7. The molecule has 8 heteroatoms. The highest BCUT2D eigenvalue weighted by Gasteiger charge is 2.55. The number of urea groups is 1. The monoisotopic (exact) mass is 365 g/mol. The van der Waals surface area contributed by atoms with Crippen molar-refractivity contribution >= 4 is 6.03 Å².